The minimum Gasteiger partial charge on any atom is -0.490 e. The predicted octanol–water partition coefficient (Wildman–Crippen LogP) is 3.93. The predicted molar refractivity (Wildman–Crippen MR) is 83.0 cm³/mol. The van der Waals surface area contributed by atoms with Gasteiger partial charge in [0.15, 0.2) is 0 Å². The molecule has 0 spiro atoms. The van der Waals surface area contributed by atoms with E-state index in [0.717, 1.165) is 35.4 Å². The van der Waals surface area contributed by atoms with Crippen LogP contribution in [0.15, 0.2) is 36.4 Å². The number of halogens is 1. The van der Waals surface area contributed by atoms with E-state index < -0.39 is 0 Å². The van der Waals surface area contributed by atoms with Gasteiger partial charge in [-0.2, -0.15) is 0 Å². The molecular formula is C18H20FNO. The third kappa shape index (κ3) is 2.93. The Bertz CT molecular complexity index is 654. The molecule has 2 aromatic carbocycles. The maximum atomic E-state index is 14.3. The highest BCUT2D eigenvalue weighted by atomic mass is 19.1. The van der Waals surface area contributed by atoms with Crippen LogP contribution in [0, 0.1) is 5.82 Å². The van der Waals surface area contributed by atoms with Crippen molar-refractivity contribution in [1.82, 2.24) is 5.32 Å². The molecule has 2 nitrogen and oxygen atoms in total. The molecule has 1 N–H and O–H groups in total. The molecule has 0 radical (unpaired) electrons. The third-order valence-corrected chi connectivity index (χ3v) is 3.82. The number of nitrogens with one attached hydrogen (secondary N) is 1. The molecule has 2 aromatic rings. The molecule has 3 rings (SSSR count). The van der Waals surface area contributed by atoms with Crippen molar-refractivity contribution in [3.63, 3.8) is 0 Å². The standard InChI is InChI=1S/C18H20FNO/c1-3-20-11-13-4-6-16(17(19)9-13)14-5-7-18-15(10-14)8-12(2)21-18/h4-7,9-10,12,20H,3,8,11H2,1-2H3. The topological polar surface area (TPSA) is 21.3 Å². The molecule has 0 bridgehead atoms. The summed E-state index contributed by atoms with van der Waals surface area (Å²) >= 11 is 0. The number of fused-ring (bicyclic) bond motifs is 1. The van der Waals surface area contributed by atoms with Crippen molar-refractivity contribution in [2.45, 2.75) is 32.9 Å². The van der Waals surface area contributed by atoms with Crippen LogP contribution in [0.4, 0.5) is 4.39 Å². The van der Waals surface area contributed by atoms with Crippen molar-refractivity contribution in [1.29, 1.82) is 0 Å². The Balaban J connectivity index is 1.89. The number of hydrogen-bond acceptors (Lipinski definition) is 2. The SMILES string of the molecule is CCNCc1ccc(-c2ccc3c(c2)CC(C)O3)c(F)c1. The molecule has 0 aliphatic carbocycles. The zero-order valence-electron chi connectivity index (χ0n) is 12.4. The van der Waals surface area contributed by atoms with Gasteiger partial charge in [-0.05, 0) is 48.4 Å². The Kier molecular flexibility index (Phi) is 3.93. The number of rotatable bonds is 4. The van der Waals surface area contributed by atoms with Crippen molar-refractivity contribution in [3.8, 4) is 16.9 Å². The summed E-state index contributed by atoms with van der Waals surface area (Å²) in [5, 5.41) is 3.21. The summed E-state index contributed by atoms with van der Waals surface area (Å²) in [6.45, 7) is 5.67. The highest BCUT2D eigenvalue weighted by molar-refractivity contribution is 5.67. The zero-order valence-corrected chi connectivity index (χ0v) is 12.4. The molecule has 3 heteroatoms. The van der Waals surface area contributed by atoms with Gasteiger partial charge >= 0.3 is 0 Å². The van der Waals surface area contributed by atoms with E-state index in [1.165, 1.54) is 0 Å². The molecule has 1 atom stereocenters. The number of benzene rings is 2. The summed E-state index contributed by atoms with van der Waals surface area (Å²) < 4.78 is 20.0. The second-order valence-electron chi connectivity index (χ2n) is 5.55. The van der Waals surface area contributed by atoms with Crippen molar-refractivity contribution in [2.24, 2.45) is 0 Å². The third-order valence-electron chi connectivity index (χ3n) is 3.82. The molecule has 1 heterocycles. The van der Waals surface area contributed by atoms with Gasteiger partial charge in [-0.3, -0.25) is 0 Å². The minimum absolute atomic E-state index is 0.169. The van der Waals surface area contributed by atoms with E-state index in [2.05, 4.69) is 12.2 Å². The first-order valence-corrected chi connectivity index (χ1v) is 7.46. The number of hydrogen-bond donors (Lipinski definition) is 1. The fourth-order valence-corrected chi connectivity index (χ4v) is 2.76. The maximum absolute atomic E-state index is 14.3. The Morgan fingerprint density at radius 1 is 1.24 bits per heavy atom. The van der Waals surface area contributed by atoms with E-state index in [4.69, 9.17) is 4.74 Å². The Morgan fingerprint density at radius 2 is 2.10 bits per heavy atom. The van der Waals surface area contributed by atoms with Gasteiger partial charge in [-0.25, -0.2) is 4.39 Å². The van der Waals surface area contributed by atoms with Crippen molar-refractivity contribution in [3.05, 3.63) is 53.3 Å². The van der Waals surface area contributed by atoms with Gasteiger partial charge in [0, 0.05) is 18.5 Å². The van der Waals surface area contributed by atoms with Crippen molar-refractivity contribution in [2.75, 3.05) is 6.54 Å². The van der Waals surface area contributed by atoms with E-state index in [1.807, 2.05) is 37.3 Å². The molecule has 21 heavy (non-hydrogen) atoms. The van der Waals surface area contributed by atoms with Crippen LogP contribution in [0.25, 0.3) is 11.1 Å². The van der Waals surface area contributed by atoms with Crippen LogP contribution in [-0.2, 0) is 13.0 Å². The van der Waals surface area contributed by atoms with Crippen LogP contribution in [0.5, 0.6) is 5.75 Å². The van der Waals surface area contributed by atoms with Gasteiger partial charge in [0.05, 0.1) is 0 Å². The van der Waals surface area contributed by atoms with Gasteiger partial charge in [0.1, 0.15) is 17.7 Å². The van der Waals surface area contributed by atoms with Crippen LogP contribution in [0.3, 0.4) is 0 Å². The first-order chi connectivity index (χ1) is 10.2. The van der Waals surface area contributed by atoms with Gasteiger partial charge in [0.2, 0.25) is 0 Å². The monoisotopic (exact) mass is 285 g/mol. The fourth-order valence-electron chi connectivity index (χ4n) is 2.76. The average molecular weight is 285 g/mol. The molecule has 0 aromatic heterocycles. The quantitative estimate of drug-likeness (QED) is 0.919. The second-order valence-corrected chi connectivity index (χ2v) is 5.55. The van der Waals surface area contributed by atoms with Gasteiger partial charge in [-0.15, -0.1) is 0 Å². The molecule has 1 aliphatic rings. The molecule has 110 valence electrons. The first kappa shape index (κ1) is 14.1. The average Bonchev–Trinajstić information content (AvgIpc) is 2.84. The van der Waals surface area contributed by atoms with Crippen LogP contribution < -0.4 is 10.1 Å². The molecule has 0 saturated heterocycles. The smallest absolute Gasteiger partial charge is 0.131 e. The van der Waals surface area contributed by atoms with Crippen LogP contribution in [0.1, 0.15) is 25.0 Å². The van der Waals surface area contributed by atoms with Crippen LogP contribution >= 0.6 is 0 Å². The largest absolute Gasteiger partial charge is 0.490 e. The zero-order chi connectivity index (χ0) is 14.8. The Morgan fingerprint density at radius 3 is 2.86 bits per heavy atom. The van der Waals surface area contributed by atoms with E-state index in [-0.39, 0.29) is 11.9 Å². The van der Waals surface area contributed by atoms with Crippen LogP contribution in [0.2, 0.25) is 0 Å². The maximum Gasteiger partial charge on any atom is 0.131 e. The second kappa shape index (κ2) is 5.86. The van der Waals surface area contributed by atoms with E-state index in [1.54, 1.807) is 6.07 Å². The molecule has 1 aliphatic heterocycles. The highest BCUT2D eigenvalue weighted by Crippen LogP contribution is 2.33. The number of ether oxygens (including phenoxy) is 1. The van der Waals surface area contributed by atoms with E-state index in [9.17, 15) is 4.39 Å². The van der Waals surface area contributed by atoms with Crippen molar-refractivity contribution < 1.29 is 9.13 Å². The van der Waals surface area contributed by atoms with Gasteiger partial charge in [-0.1, -0.05) is 25.1 Å². The normalized spacial score (nSPS) is 16.6. The molecule has 0 saturated carbocycles. The summed E-state index contributed by atoms with van der Waals surface area (Å²) in [7, 11) is 0. The lowest BCUT2D eigenvalue weighted by Gasteiger charge is -2.08. The van der Waals surface area contributed by atoms with Gasteiger partial charge in [0.25, 0.3) is 0 Å². The summed E-state index contributed by atoms with van der Waals surface area (Å²) in [4.78, 5) is 0. The molecule has 0 amide bonds. The lowest BCUT2D eigenvalue weighted by Crippen LogP contribution is -2.11. The lowest BCUT2D eigenvalue weighted by atomic mass is 9.99. The summed E-state index contributed by atoms with van der Waals surface area (Å²) in [6, 6.07) is 11.4. The van der Waals surface area contributed by atoms with E-state index in [0.29, 0.717) is 12.1 Å². The Hall–Kier alpha value is -1.87. The molecule has 0 fully saturated rings. The Labute approximate surface area is 125 Å². The lowest BCUT2D eigenvalue weighted by molar-refractivity contribution is 0.254. The molecule has 1 unspecified atom stereocenters. The molecular weight excluding hydrogens is 265 g/mol. The highest BCUT2D eigenvalue weighted by Gasteiger charge is 2.19. The first-order valence-electron chi connectivity index (χ1n) is 7.46. The van der Waals surface area contributed by atoms with Crippen LogP contribution in [-0.4, -0.2) is 12.6 Å². The van der Waals surface area contributed by atoms with E-state index >= 15 is 0 Å². The minimum atomic E-state index is -0.169. The summed E-state index contributed by atoms with van der Waals surface area (Å²) in [5.74, 6) is 0.757. The van der Waals surface area contributed by atoms with Gasteiger partial charge < -0.3 is 10.1 Å². The summed E-state index contributed by atoms with van der Waals surface area (Å²) in [6.07, 6.45) is 1.10. The van der Waals surface area contributed by atoms with Crippen molar-refractivity contribution >= 4 is 0 Å². The fraction of sp³-hybridized carbons (Fsp3) is 0.333. The summed E-state index contributed by atoms with van der Waals surface area (Å²) in [5.41, 5.74) is 3.70.